The van der Waals surface area contributed by atoms with E-state index >= 15 is 0 Å². The van der Waals surface area contributed by atoms with Gasteiger partial charge in [-0.05, 0) is 18.2 Å². The predicted octanol–water partition coefficient (Wildman–Crippen LogP) is 2.29. The first-order chi connectivity index (χ1) is 6.45. The fourth-order valence-electron chi connectivity index (χ4n) is 1.07. The minimum Gasteiger partial charge on any atom is -0.472 e. The van der Waals surface area contributed by atoms with Crippen molar-refractivity contribution in [3.05, 3.63) is 48.7 Å². The maximum absolute atomic E-state index is 4.95. The molecule has 0 saturated carbocycles. The van der Waals surface area contributed by atoms with Crippen molar-refractivity contribution in [1.29, 1.82) is 0 Å². The Balaban J connectivity index is 1.94. The normalized spacial score (nSPS) is 9.85. The van der Waals surface area contributed by atoms with Gasteiger partial charge in [0.2, 0.25) is 0 Å². The van der Waals surface area contributed by atoms with E-state index in [0.717, 1.165) is 17.8 Å². The molecule has 13 heavy (non-hydrogen) atoms. The number of hydrogen-bond acceptors (Lipinski definition) is 3. The van der Waals surface area contributed by atoms with E-state index in [9.17, 15) is 0 Å². The highest BCUT2D eigenvalue weighted by Crippen LogP contribution is 2.07. The highest BCUT2D eigenvalue weighted by atomic mass is 16.3. The van der Waals surface area contributed by atoms with Crippen LogP contribution < -0.4 is 5.32 Å². The second-order valence-electron chi connectivity index (χ2n) is 2.72. The highest BCUT2D eigenvalue weighted by molar-refractivity contribution is 5.41. The van der Waals surface area contributed by atoms with Crippen LogP contribution in [0.1, 0.15) is 5.56 Å². The summed E-state index contributed by atoms with van der Waals surface area (Å²) in [5.41, 5.74) is 2.20. The van der Waals surface area contributed by atoms with Crippen LogP contribution in [0.15, 0.2) is 47.5 Å². The molecule has 66 valence electrons. The molecule has 0 spiro atoms. The van der Waals surface area contributed by atoms with E-state index in [1.165, 1.54) is 0 Å². The number of nitrogens with zero attached hydrogens (tertiary/aromatic N) is 1. The molecule has 3 nitrogen and oxygen atoms in total. The summed E-state index contributed by atoms with van der Waals surface area (Å²) in [4.78, 5) is 3.93. The molecule has 2 heterocycles. The third-order valence-electron chi connectivity index (χ3n) is 1.76. The number of aromatic nitrogens is 1. The van der Waals surface area contributed by atoms with Crippen LogP contribution in [0.2, 0.25) is 0 Å². The SMILES string of the molecule is c1cc(NCc2ccoc2)ccn1. The van der Waals surface area contributed by atoms with Gasteiger partial charge in [0.25, 0.3) is 0 Å². The number of nitrogens with one attached hydrogen (secondary N) is 1. The molecule has 0 unspecified atom stereocenters. The molecule has 1 N–H and O–H groups in total. The Kier molecular flexibility index (Phi) is 2.27. The van der Waals surface area contributed by atoms with E-state index < -0.39 is 0 Å². The number of furan rings is 1. The summed E-state index contributed by atoms with van der Waals surface area (Å²) in [5.74, 6) is 0. The zero-order chi connectivity index (χ0) is 8.93. The van der Waals surface area contributed by atoms with Gasteiger partial charge in [-0.15, -0.1) is 0 Å². The molecular weight excluding hydrogens is 164 g/mol. The van der Waals surface area contributed by atoms with Gasteiger partial charge >= 0.3 is 0 Å². The molecule has 3 heteroatoms. The van der Waals surface area contributed by atoms with Crippen molar-refractivity contribution in [3.63, 3.8) is 0 Å². The quantitative estimate of drug-likeness (QED) is 0.775. The molecule has 2 aromatic rings. The van der Waals surface area contributed by atoms with E-state index in [-0.39, 0.29) is 0 Å². The molecule has 0 saturated heterocycles. The smallest absolute Gasteiger partial charge is 0.0952 e. The number of rotatable bonds is 3. The minimum absolute atomic E-state index is 0.778. The second-order valence-corrected chi connectivity index (χ2v) is 2.72. The third kappa shape index (κ3) is 2.08. The summed E-state index contributed by atoms with van der Waals surface area (Å²) in [7, 11) is 0. The second kappa shape index (κ2) is 3.76. The minimum atomic E-state index is 0.778. The van der Waals surface area contributed by atoms with Crippen LogP contribution in [-0.4, -0.2) is 4.98 Å². The first kappa shape index (κ1) is 7.86. The predicted molar refractivity (Wildman–Crippen MR) is 50.3 cm³/mol. The van der Waals surface area contributed by atoms with Crippen molar-refractivity contribution >= 4 is 5.69 Å². The van der Waals surface area contributed by atoms with E-state index in [1.807, 2.05) is 18.2 Å². The van der Waals surface area contributed by atoms with Crippen molar-refractivity contribution in [3.8, 4) is 0 Å². The molecule has 0 fully saturated rings. The zero-order valence-corrected chi connectivity index (χ0v) is 7.10. The Morgan fingerprint density at radius 2 is 2.08 bits per heavy atom. The fourth-order valence-corrected chi connectivity index (χ4v) is 1.07. The van der Waals surface area contributed by atoms with Gasteiger partial charge in [-0.3, -0.25) is 4.98 Å². The molecule has 0 radical (unpaired) electrons. The van der Waals surface area contributed by atoms with Crippen molar-refractivity contribution in [1.82, 2.24) is 4.98 Å². The largest absolute Gasteiger partial charge is 0.472 e. The molecule has 0 aliphatic heterocycles. The van der Waals surface area contributed by atoms with Crippen LogP contribution in [0.5, 0.6) is 0 Å². The maximum atomic E-state index is 4.95. The van der Waals surface area contributed by atoms with Gasteiger partial charge in [-0.1, -0.05) is 0 Å². The monoisotopic (exact) mass is 174 g/mol. The molecule has 0 aliphatic rings. The van der Waals surface area contributed by atoms with Crippen LogP contribution in [0, 0.1) is 0 Å². The summed E-state index contributed by atoms with van der Waals surface area (Å²) < 4.78 is 4.95. The maximum Gasteiger partial charge on any atom is 0.0952 e. The summed E-state index contributed by atoms with van der Waals surface area (Å²) in [6, 6.07) is 5.80. The van der Waals surface area contributed by atoms with Crippen molar-refractivity contribution in [2.75, 3.05) is 5.32 Å². The number of pyridine rings is 1. The lowest BCUT2D eigenvalue weighted by molar-refractivity contribution is 0.564. The van der Waals surface area contributed by atoms with Crippen molar-refractivity contribution in [2.24, 2.45) is 0 Å². The van der Waals surface area contributed by atoms with Crippen molar-refractivity contribution < 1.29 is 4.42 Å². The van der Waals surface area contributed by atoms with Gasteiger partial charge in [0, 0.05) is 30.2 Å². The topological polar surface area (TPSA) is 38.1 Å². The van der Waals surface area contributed by atoms with Crippen LogP contribution in [0.4, 0.5) is 5.69 Å². The Hall–Kier alpha value is -1.77. The third-order valence-corrected chi connectivity index (χ3v) is 1.76. The first-order valence-electron chi connectivity index (χ1n) is 4.10. The summed E-state index contributed by atoms with van der Waals surface area (Å²) in [6.45, 7) is 0.778. The van der Waals surface area contributed by atoms with Gasteiger partial charge in [0.05, 0.1) is 12.5 Å². The number of hydrogen-bond donors (Lipinski definition) is 1. The standard InChI is InChI=1S/C10H10N2O/c1-4-11-5-2-10(1)12-7-9-3-6-13-8-9/h1-6,8H,7H2,(H,11,12). The first-order valence-corrected chi connectivity index (χ1v) is 4.10. The van der Waals surface area contributed by atoms with E-state index in [1.54, 1.807) is 24.9 Å². The van der Waals surface area contributed by atoms with Crippen LogP contribution >= 0.6 is 0 Å². The lowest BCUT2D eigenvalue weighted by Gasteiger charge is -2.02. The molecular formula is C10H10N2O. The summed E-state index contributed by atoms with van der Waals surface area (Å²) in [6.07, 6.45) is 6.92. The Morgan fingerprint density at radius 3 is 2.77 bits per heavy atom. The van der Waals surface area contributed by atoms with Crippen LogP contribution in [-0.2, 0) is 6.54 Å². The average Bonchev–Trinajstić information content (AvgIpc) is 2.69. The van der Waals surface area contributed by atoms with Gasteiger partial charge in [0.15, 0.2) is 0 Å². The van der Waals surface area contributed by atoms with Crippen molar-refractivity contribution in [2.45, 2.75) is 6.54 Å². The van der Waals surface area contributed by atoms with Gasteiger partial charge < -0.3 is 9.73 Å². The molecule has 0 bridgehead atoms. The molecule has 0 aromatic carbocycles. The van der Waals surface area contributed by atoms with E-state index in [4.69, 9.17) is 4.42 Å². The van der Waals surface area contributed by atoms with Gasteiger partial charge in [-0.25, -0.2) is 0 Å². The zero-order valence-electron chi connectivity index (χ0n) is 7.10. The Morgan fingerprint density at radius 1 is 1.23 bits per heavy atom. The molecule has 0 amide bonds. The summed E-state index contributed by atoms with van der Waals surface area (Å²) >= 11 is 0. The lowest BCUT2D eigenvalue weighted by atomic mass is 10.3. The van der Waals surface area contributed by atoms with Gasteiger partial charge in [0.1, 0.15) is 0 Å². The Labute approximate surface area is 76.4 Å². The highest BCUT2D eigenvalue weighted by Gasteiger charge is 1.93. The molecule has 2 aromatic heterocycles. The van der Waals surface area contributed by atoms with E-state index in [2.05, 4.69) is 10.3 Å². The fraction of sp³-hybridized carbons (Fsp3) is 0.100. The van der Waals surface area contributed by atoms with Crippen LogP contribution in [0.3, 0.4) is 0 Å². The lowest BCUT2D eigenvalue weighted by Crippen LogP contribution is -1.97. The number of anilines is 1. The Bertz CT molecular complexity index is 342. The molecule has 0 aliphatic carbocycles. The molecule has 2 rings (SSSR count). The molecule has 0 atom stereocenters. The average molecular weight is 174 g/mol. The van der Waals surface area contributed by atoms with E-state index in [0.29, 0.717) is 0 Å². The summed E-state index contributed by atoms with van der Waals surface area (Å²) in [5, 5.41) is 3.25. The van der Waals surface area contributed by atoms with Crippen LogP contribution in [0.25, 0.3) is 0 Å². The van der Waals surface area contributed by atoms with Gasteiger partial charge in [-0.2, -0.15) is 0 Å².